The summed E-state index contributed by atoms with van der Waals surface area (Å²) >= 11 is 0. The Balaban J connectivity index is 2.13. The highest BCUT2D eigenvalue weighted by molar-refractivity contribution is 5.17. The lowest BCUT2D eigenvalue weighted by Gasteiger charge is -2.23. The Morgan fingerprint density at radius 1 is 1.44 bits per heavy atom. The quantitative estimate of drug-likeness (QED) is 0.840. The first kappa shape index (κ1) is 13.4. The van der Waals surface area contributed by atoms with Crippen molar-refractivity contribution in [2.45, 2.75) is 58.7 Å². The van der Waals surface area contributed by atoms with E-state index in [0.717, 1.165) is 23.6 Å². The van der Waals surface area contributed by atoms with E-state index in [0.29, 0.717) is 12.6 Å². The molecule has 0 radical (unpaired) electrons. The minimum absolute atomic E-state index is 0.420. The van der Waals surface area contributed by atoms with Crippen molar-refractivity contribution >= 4 is 0 Å². The van der Waals surface area contributed by atoms with Crippen LogP contribution >= 0.6 is 0 Å². The number of rotatable bonds is 6. The molecular weight excluding hydrogens is 226 g/mol. The Kier molecular flexibility index (Phi) is 3.97. The third kappa shape index (κ3) is 3.27. The molecule has 1 heterocycles. The second-order valence-corrected chi connectivity index (χ2v) is 5.42. The second-order valence-electron chi connectivity index (χ2n) is 5.42. The Labute approximate surface area is 109 Å². The van der Waals surface area contributed by atoms with E-state index in [2.05, 4.69) is 22.2 Å². The Morgan fingerprint density at radius 2 is 2.17 bits per heavy atom. The van der Waals surface area contributed by atoms with Crippen molar-refractivity contribution in [3.63, 3.8) is 0 Å². The van der Waals surface area contributed by atoms with Crippen LogP contribution in [0.2, 0.25) is 0 Å². The molecule has 1 aliphatic rings. The number of ether oxygens (including phenoxy) is 1. The highest BCUT2D eigenvalue weighted by Crippen LogP contribution is 2.23. The zero-order valence-electron chi connectivity index (χ0n) is 11.8. The lowest BCUT2D eigenvalue weighted by molar-refractivity contribution is -0.0210. The van der Waals surface area contributed by atoms with Crippen LogP contribution in [0.5, 0.6) is 0 Å². The number of hydrogen-bond donors (Lipinski definition) is 1. The first-order valence-electron chi connectivity index (χ1n) is 6.73. The number of aromatic nitrogens is 2. The van der Waals surface area contributed by atoms with Crippen LogP contribution in [-0.2, 0) is 16.9 Å². The van der Waals surface area contributed by atoms with E-state index >= 15 is 0 Å². The highest BCUT2D eigenvalue weighted by atomic mass is 16.5. The molecule has 1 N–H and O–H groups in total. The smallest absolute Gasteiger partial charge is 0.159 e. The molecule has 1 aliphatic carbocycles. The van der Waals surface area contributed by atoms with Crippen molar-refractivity contribution in [2.75, 3.05) is 6.61 Å². The first-order valence-corrected chi connectivity index (χ1v) is 6.73. The van der Waals surface area contributed by atoms with Gasteiger partial charge in [0.1, 0.15) is 5.60 Å². The van der Waals surface area contributed by atoms with E-state index in [9.17, 15) is 0 Å². The predicted molar refractivity (Wildman–Crippen MR) is 71.3 cm³/mol. The lowest BCUT2D eigenvalue weighted by Crippen LogP contribution is -2.26. The normalized spacial score (nSPS) is 16.0. The van der Waals surface area contributed by atoms with Gasteiger partial charge in [0, 0.05) is 25.4 Å². The fourth-order valence-electron chi connectivity index (χ4n) is 1.90. The summed E-state index contributed by atoms with van der Waals surface area (Å²) in [6.07, 6.45) is 4.48. The van der Waals surface area contributed by atoms with Gasteiger partial charge in [-0.1, -0.05) is 0 Å². The van der Waals surface area contributed by atoms with Gasteiger partial charge in [0.15, 0.2) is 5.82 Å². The van der Waals surface area contributed by atoms with Gasteiger partial charge in [0.05, 0.1) is 5.69 Å². The maximum Gasteiger partial charge on any atom is 0.159 e. The van der Waals surface area contributed by atoms with Gasteiger partial charge in [-0.05, 0) is 46.1 Å². The molecular formula is C14H23N3O. The Hall–Kier alpha value is -1.00. The molecule has 0 aromatic carbocycles. The maximum absolute atomic E-state index is 5.70. The standard InChI is InChI=1S/C14H23N3O/c1-5-18-14(3,4)13-16-8-10(2)12(17-13)9-15-11-6-7-11/h8,11,15H,5-7,9H2,1-4H3. The van der Waals surface area contributed by atoms with Crippen LogP contribution in [0.4, 0.5) is 0 Å². The molecule has 4 nitrogen and oxygen atoms in total. The summed E-state index contributed by atoms with van der Waals surface area (Å²) in [6, 6.07) is 0.697. The summed E-state index contributed by atoms with van der Waals surface area (Å²) in [5, 5.41) is 3.49. The molecule has 18 heavy (non-hydrogen) atoms. The number of nitrogens with zero attached hydrogens (tertiary/aromatic N) is 2. The molecule has 0 atom stereocenters. The predicted octanol–water partition coefficient (Wildman–Crippen LogP) is 2.31. The van der Waals surface area contributed by atoms with E-state index in [4.69, 9.17) is 4.74 Å². The van der Waals surface area contributed by atoms with Gasteiger partial charge < -0.3 is 10.1 Å². The Bertz CT molecular complexity index is 414. The van der Waals surface area contributed by atoms with Crippen molar-refractivity contribution in [1.29, 1.82) is 0 Å². The van der Waals surface area contributed by atoms with Crippen molar-refractivity contribution in [2.24, 2.45) is 0 Å². The van der Waals surface area contributed by atoms with Crippen molar-refractivity contribution in [3.05, 3.63) is 23.3 Å². The van der Waals surface area contributed by atoms with Crippen molar-refractivity contribution in [3.8, 4) is 0 Å². The summed E-state index contributed by atoms with van der Waals surface area (Å²) in [5.74, 6) is 0.766. The third-order valence-corrected chi connectivity index (χ3v) is 3.26. The molecule has 1 aromatic heterocycles. The molecule has 1 aromatic rings. The van der Waals surface area contributed by atoms with Crippen LogP contribution in [-0.4, -0.2) is 22.6 Å². The summed E-state index contributed by atoms with van der Waals surface area (Å²) < 4.78 is 5.70. The average molecular weight is 249 g/mol. The maximum atomic E-state index is 5.70. The largest absolute Gasteiger partial charge is 0.368 e. The minimum atomic E-state index is -0.420. The van der Waals surface area contributed by atoms with E-state index in [1.54, 1.807) is 0 Å². The summed E-state index contributed by atoms with van der Waals surface area (Å²) in [4.78, 5) is 9.07. The molecule has 0 unspecified atom stereocenters. The molecule has 0 saturated heterocycles. The van der Waals surface area contributed by atoms with Crippen LogP contribution < -0.4 is 5.32 Å². The van der Waals surface area contributed by atoms with Gasteiger partial charge in [-0.2, -0.15) is 0 Å². The number of hydrogen-bond acceptors (Lipinski definition) is 4. The molecule has 0 spiro atoms. The number of aryl methyl sites for hydroxylation is 1. The van der Waals surface area contributed by atoms with Crippen LogP contribution in [0.3, 0.4) is 0 Å². The van der Waals surface area contributed by atoms with Gasteiger partial charge in [-0.3, -0.25) is 0 Å². The molecule has 1 saturated carbocycles. The van der Waals surface area contributed by atoms with E-state index in [1.807, 2.05) is 27.0 Å². The van der Waals surface area contributed by atoms with Gasteiger partial charge in [0.25, 0.3) is 0 Å². The molecule has 0 amide bonds. The minimum Gasteiger partial charge on any atom is -0.368 e. The number of nitrogens with one attached hydrogen (secondary N) is 1. The van der Waals surface area contributed by atoms with Crippen LogP contribution in [0, 0.1) is 6.92 Å². The molecule has 2 rings (SSSR count). The van der Waals surface area contributed by atoms with Crippen LogP contribution in [0.25, 0.3) is 0 Å². The van der Waals surface area contributed by atoms with Crippen LogP contribution in [0.15, 0.2) is 6.20 Å². The second kappa shape index (κ2) is 5.33. The summed E-state index contributed by atoms with van der Waals surface area (Å²) in [7, 11) is 0. The third-order valence-electron chi connectivity index (χ3n) is 3.26. The molecule has 4 heteroatoms. The average Bonchev–Trinajstić information content (AvgIpc) is 3.11. The highest BCUT2D eigenvalue weighted by Gasteiger charge is 2.25. The summed E-state index contributed by atoms with van der Waals surface area (Å²) in [5.41, 5.74) is 1.80. The van der Waals surface area contributed by atoms with Gasteiger partial charge in [0.2, 0.25) is 0 Å². The fraction of sp³-hybridized carbons (Fsp3) is 0.714. The molecule has 1 fully saturated rings. The summed E-state index contributed by atoms with van der Waals surface area (Å²) in [6.45, 7) is 9.57. The van der Waals surface area contributed by atoms with E-state index in [1.165, 1.54) is 12.8 Å². The van der Waals surface area contributed by atoms with Crippen LogP contribution in [0.1, 0.15) is 50.7 Å². The van der Waals surface area contributed by atoms with Gasteiger partial charge in [-0.15, -0.1) is 0 Å². The van der Waals surface area contributed by atoms with Crippen molar-refractivity contribution < 1.29 is 4.74 Å². The van der Waals surface area contributed by atoms with Gasteiger partial charge >= 0.3 is 0 Å². The topological polar surface area (TPSA) is 47.0 Å². The van der Waals surface area contributed by atoms with Crippen molar-refractivity contribution in [1.82, 2.24) is 15.3 Å². The lowest BCUT2D eigenvalue weighted by atomic mass is 10.1. The zero-order chi connectivity index (χ0) is 13.2. The first-order chi connectivity index (χ1) is 8.53. The fourth-order valence-corrected chi connectivity index (χ4v) is 1.90. The van der Waals surface area contributed by atoms with E-state index in [-0.39, 0.29) is 0 Å². The SMILES string of the molecule is CCOC(C)(C)c1ncc(C)c(CNC2CC2)n1. The molecule has 100 valence electrons. The van der Waals surface area contributed by atoms with Gasteiger partial charge in [-0.25, -0.2) is 9.97 Å². The monoisotopic (exact) mass is 249 g/mol. The molecule has 0 bridgehead atoms. The van der Waals surface area contributed by atoms with E-state index < -0.39 is 5.60 Å². The molecule has 0 aliphatic heterocycles. The zero-order valence-corrected chi connectivity index (χ0v) is 11.8. The Morgan fingerprint density at radius 3 is 2.78 bits per heavy atom.